The van der Waals surface area contributed by atoms with Gasteiger partial charge in [0.1, 0.15) is 6.33 Å². The molecule has 0 radical (unpaired) electrons. The lowest BCUT2D eigenvalue weighted by Gasteiger charge is -2.30. The third kappa shape index (κ3) is 5.19. The van der Waals surface area contributed by atoms with Crippen molar-refractivity contribution in [3.8, 4) is 0 Å². The fraction of sp³-hybridized carbons (Fsp3) is 0.824. The van der Waals surface area contributed by atoms with Crippen molar-refractivity contribution >= 4 is 5.96 Å². The highest BCUT2D eigenvalue weighted by molar-refractivity contribution is 5.79. The molecule has 1 aromatic heterocycles. The second-order valence-electron chi connectivity index (χ2n) is 6.47. The maximum absolute atomic E-state index is 5.58. The summed E-state index contributed by atoms with van der Waals surface area (Å²) in [6.45, 7) is 8.23. The molecule has 24 heavy (non-hydrogen) atoms. The maximum Gasteiger partial charge on any atom is 0.191 e. The van der Waals surface area contributed by atoms with Gasteiger partial charge in [0.05, 0.1) is 6.54 Å². The zero-order chi connectivity index (χ0) is 17.3. The summed E-state index contributed by atoms with van der Waals surface area (Å²) in [6, 6.07) is 0. The summed E-state index contributed by atoms with van der Waals surface area (Å²) in [6.07, 6.45) is 8.06. The Bertz CT molecular complexity index is 507. The van der Waals surface area contributed by atoms with Crippen LogP contribution in [-0.2, 0) is 17.8 Å². The molecule has 1 aliphatic rings. The van der Waals surface area contributed by atoms with Crippen molar-refractivity contribution in [1.29, 1.82) is 0 Å². The average Bonchev–Trinajstić information content (AvgIpc) is 3.25. The maximum atomic E-state index is 5.58. The van der Waals surface area contributed by atoms with Gasteiger partial charge in [0.15, 0.2) is 11.8 Å². The van der Waals surface area contributed by atoms with Gasteiger partial charge in [-0.1, -0.05) is 12.8 Å². The normalized spacial score (nSPS) is 17.2. The van der Waals surface area contributed by atoms with E-state index < -0.39 is 0 Å². The Morgan fingerprint density at radius 1 is 1.33 bits per heavy atom. The van der Waals surface area contributed by atoms with Crippen LogP contribution in [0.2, 0.25) is 0 Å². The number of aromatic nitrogens is 3. The van der Waals surface area contributed by atoms with E-state index in [4.69, 9.17) is 4.74 Å². The van der Waals surface area contributed by atoms with Gasteiger partial charge in [0.25, 0.3) is 0 Å². The van der Waals surface area contributed by atoms with Gasteiger partial charge in [-0.2, -0.15) is 0 Å². The number of aliphatic imine (C=N–C) groups is 1. The van der Waals surface area contributed by atoms with Gasteiger partial charge in [-0.05, 0) is 38.5 Å². The molecule has 7 nitrogen and oxygen atoms in total. The Labute approximate surface area is 145 Å². The van der Waals surface area contributed by atoms with E-state index in [-0.39, 0.29) is 0 Å². The van der Waals surface area contributed by atoms with Gasteiger partial charge in [-0.3, -0.25) is 4.99 Å². The molecule has 0 aliphatic heterocycles. The zero-order valence-electron chi connectivity index (χ0n) is 15.3. The van der Waals surface area contributed by atoms with Crippen molar-refractivity contribution < 1.29 is 4.74 Å². The Balaban J connectivity index is 1.83. The Morgan fingerprint density at radius 2 is 2.12 bits per heavy atom. The predicted molar refractivity (Wildman–Crippen MR) is 95.9 cm³/mol. The highest BCUT2D eigenvalue weighted by Crippen LogP contribution is 2.40. The number of hydrogen-bond donors (Lipinski definition) is 2. The molecule has 2 N–H and O–H groups in total. The number of aryl methyl sites for hydroxylation is 1. The van der Waals surface area contributed by atoms with E-state index in [0.29, 0.717) is 12.0 Å². The van der Waals surface area contributed by atoms with E-state index in [0.717, 1.165) is 44.5 Å². The molecule has 1 aliphatic carbocycles. The molecule has 1 aromatic rings. The molecule has 1 heterocycles. The minimum absolute atomic E-state index is 0.343. The van der Waals surface area contributed by atoms with Crippen LogP contribution in [0.1, 0.15) is 51.8 Å². The monoisotopic (exact) mass is 336 g/mol. The topological polar surface area (TPSA) is 76.4 Å². The first kappa shape index (κ1) is 18.7. The first-order valence-corrected chi connectivity index (χ1v) is 9.12. The van der Waals surface area contributed by atoms with Crippen LogP contribution >= 0.6 is 0 Å². The van der Waals surface area contributed by atoms with Crippen LogP contribution in [0.5, 0.6) is 0 Å². The van der Waals surface area contributed by atoms with Crippen molar-refractivity contribution in [2.24, 2.45) is 10.4 Å². The summed E-state index contributed by atoms with van der Waals surface area (Å²) in [5.41, 5.74) is 0.343. The zero-order valence-corrected chi connectivity index (χ0v) is 15.3. The molecule has 0 aromatic carbocycles. The Morgan fingerprint density at radius 3 is 2.79 bits per heavy atom. The van der Waals surface area contributed by atoms with Crippen molar-refractivity contribution in [1.82, 2.24) is 25.4 Å². The molecule has 0 unspecified atom stereocenters. The molecule has 1 saturated carbocycles. The molecule has 7 heteroatoms. The van der Waals surface area contributed by atoms with Crippen LogP contribution in [0.25, 0.3) is 0 Å². The van der Waals surface area contributed by atoms with E-state index in [9.17, 15) is 0 Å². The molecule has 136 valence electrons. The highest BCUT2D eigenvalue weighted by Gasteiger charge is 2.33. The molecule has 0 atom stereocenters. The van der Waals surface area contributed by atoms with Gasteiger partial charge >= 0.3 is 0 Å². The number of rotatable bonds is 9. The van der Waals surface area contributed by atoms with Crippen LogP contribution in [0.3, 0.4) is 0 Å². The first-order chi connectivity index (χ1) is 11.7. The number of nitrogens with zero attached hydrogens (tertiary/aromatic N) is 4. The molecule has 0 spiro atoms. The molecular formula is C17H32N6O. The molecule has 0 saturated heterocycles. The minimum Gasteiger partial charge on any atom is -0.382 e. The molecule has 1 fully saturated rings. The second kappa shape index (κ2) is 9.61. The number of guanidine groups is 1. The number of nitrogens with one attached hydrogen (secondary N) is 2. The van der Waals surface area contributed by atoms with E-state index in [1.165, 1.54) is 25.7 Å². The van der Waals surface area contributed by atoms with E-state index in [1.54, 1.807) is 13.4 Å². The fourth-order valence-corrected chi connectivity index (χ4v) is 3.41. The van der Waals surface area contributed by atoms with E-state index in [2.05, 4.69) is 39.7 Å². The van der Waals surface area contributed by atoms with E-state index >= 15 is 0 Å². The average molecular weight is 336 g/mol. The minimum atomic E-state index is 0.343. The molecule has 0 amide bonds. The summed E-state index contributed by atoms with van der Waals surface area (Å²) in [7, 11) is 1.81. The van der Waals surface area contributed by atoms with E-state index in [1.807, 2.05) is 4.57 Å². The summed E-state index contributed by atoms with van der Waals surface area (Å²) in [5, 5.41) is 14.9. The second-order valence-corrected chi connectivity index (χ2v) is 6.47. The van der Waals surface area contributed by atoms with Crippen LogP contribution in [0.15, 0.2) is 11.3 Å². The largest absolute Gasteiger partial charge is 0.382 e. The summed E-state index contributed by atoms with van der Waals surface area (Å²) in [5.74, 6) is 1.75. The molecule has 0 bridgehead atoms. The molecular weight excluding hydrogens is 304 g/mol. The lowest BCUT2D eigenvalue weighted by Crippen LogP contribution is -2.43. The number of ether oxygens (including phenoxy) is 1. The van der Waals surface area contributed by atoms with Crippen LogP contribution in [0.4, 0.5) is 0 Å². The van der Waals surface area contributed by atoms with Gasteiger partial charge in [-0.15, -0.1) is 10.2 Å². The van der Waals surface area contributed by atoms with Crippen molar-refractivity contribution in [3.05, 3.63) is 12.2 Å². The predicted octanol–water partition coefficient (Wildman–Crippen LogP) is 1.95. The summed E-state index contributed by atoms with van der Waals surface area (Å²) in [4.78, 5) is 4.34. The van der Waals surface area contributed by atoms with Crippen molar-refractivity contribution in [2.45, 2.75) is 59.0 Å². The van der Waals surface area contributed by atoms with Gasteiger partial charge in [0.2, 0.25) is 0 Å². The smallest absolute Gasteiger partial charge is 0.191 e. The number of hydrogen-bond acceptors (Lipinski definition) is 4. The Kier molecular flexibility index (Phi) is 7.49. The fourth-order valence-electron chi connectivity index (χ4n) is 3.41. The van der Waals surface area contributed by atoms with Crippen LogP contribution < -0.4 is 10.6 Å². The SMILES string of the molecule is CCOCCC1(CNC(=NC)NCc2nncn2CC)CCCC1. The standard InChI is InChI=1S/C17H32N6O/c1-4-23-14-21-22-15(23)12-19-16(18-3)20-13-17(8-6-7-9-17)10-11-24-5-2/h14H,4-13H2,1-3H3,(H2,18,19,20). The van der Waals surface area contributed by atoms with Crippen LogP contribution in [-0.4, -0.2) is 47.5 Å². The van der Waals surface area contributed by atoms with Crippen molar-refractivity contribution in [2.75, 3.05) is 26.8 Å². The summed E-state index contributed by atoms with van der Waals surface area (Å²) < 4.78 is 7.61. The highest BCUT2D eigenvalue weighted by atomic mass is 16.5. The third-order valence-electron chi connectivity index (χ3n) is 4.95. The van der Waals surface area contributed by atoms with Gasteiger partial charge < -0.3 is 19.9 Å². The molecule has 2 rings (SSSR count). The third-order valence-corrected chi connectivity index (χ3v) is 4.95. The lowest BCUT2D eigenvalue weighted by molar-refractivity contribution is 0.105. The van der Waals surface area contributed by atoms with Crippen LogP contribution in [0, 0.1) is 5.41 Å². The van der Waals surface area contributed by atoms with Crippen molar-refractivity contribution in [3.63, 3.8) is 0 Å². The quantitative estimate of drug-likeness (QED) is 0.409. The summed E-state index contributed by atoms with van der Waals surface area (Å²) >= 11 is 0. The Hall–Kier alpha value is -1.63. The van der Waals surface area contributed by atoms with Gasteiger partial charge in [0, 0.05) is 33.4 Å². The first-order valence-electron chi connectivity index (χ1n) is 9.12. The lowest BCUT2D eigenvalue weighted by atomic mass is 9.83. The van der Waals surface area contributed by atoms with Gasteiger partial charge in [-0.25, -0.2) is 0 Å².